The van der Waals surface area contributed by atoms with Gasteiger partial charge in [-0.1, -0.05) is 12.1 Å². The minimum absolute atomic E-state index is 0.0943. The van der Waals surface area contributed by atoms with Crippen LogP contribution in [0.3, 0.4) is 0 Å². The van der Waals surface area contributed by atoms with Crippen LogP contribution < -0.4 is 4.74 Å². The molecule has 0 aromatic heterocycles. The zero-order chi connectivity index (χ0) is 16.8. The van der Waals surface area contributed by atoms with E-state index in [1.54, 1.807) is 38.1 Å². The van der Waals surface area contributed by atoms with Crippen molar-refractivity contribution in [3.63, 3.8) is 0 Å². The Morgan fingerprint density at radius 3 is 1.95 bits per heavy atom. The molecule has 0 spiro atoms. The summed E-state index contributed by atoms with van der Waals surface area (Å²) in [6.45, 7) is 3.46. The molecule has 126 valence electrons. The first kappa shape index (κ1) is 19.1. The third kappa shape index (κ3) is 5.37. The molecule has 0 heterocycles. The van der Waals surface area contributed by atoms with Gasteiger partial charge in [0.05, 0.1) is 26.6 Å². The highest BCUT2D eigenvalue weighted by Gasteiger charge is 2.40. The van der Waals surface area contributed by atoms with Crippen molar-refractivity contribution < 1.29 is 31.0 Å². The summed E-state index contributed by atoms with van der Waals surface area (Å²) in [5.74, 6) is -0.794. The average Bonchev–Trinajstić information content (AvgIpc) is 2.44. The van der Waals surface area contributed by atoms with Gasteiger partial charge in [0.2, 0.25) is 5.85 Å². The Hall–Kier alpha value is -0.920. The van der Waals surface area contributed by atoms with Gasteiger partial charge >= 0.3 is 7.60 Å². The van der Waals surface area contributed by atoms with Gasteiger partial charge < -0.3 is 13.8 Å². The summed E-state index contributed by atoms with van der Waals surface area (Å²) in [6, 6.07) is 6.32. The molecule has 1 atom stereocenters. The molecule has 1 unspecified atom stereocenters. The van der Waals surface area contributed by atoms with E-state index >= 15 is 0 Å². The maximum Gasteiger partial charge on any atom is 0.365 e. The lowest BCUT2D eigenvalue weighted by Gasteiger charge is -2.25. The summed E-state index contributed by atoms with van der Waals surface area (Å²) >= 11 is 0. The van der Waals surface area contributed by atoms with Gasteiger partial charge in [-0.3, -0.25) is 4.57 Å². The molecule has 0 bridgehead atoms. The molecule has 1 aromatic carbocycles. The molecule has 0 N–H and O–H groups in total. The number of benzene rings is 1. The largest absolute Gasteiger partial charge is 0.497 e. The highest BCUT2D eigenvalue weighted by atomic mass is 32.2. The molecule has 0 amide bonds. The van der Waals surface area contributed by atoms with Crippen LogP contribution in [-0.4, -0.2) is 35.0 Å². The van der Waals surface area contributed by atoms with Crippen LogP contribution in [0.1, 0.15) is 25.3 Å². The Morgan fingerprint density at radius 1 is 1.09 bits per heavy atom. The van der Waals surface area contributed by atoms with E-state index in [0.29, 0.717) is 11.3 Å². The summed E-state index contributed by atoms with van der Waals surface area (Å²) in [5.41, 5.74) is 0.358. The monoisotopic (exact) mass is 352 g/mol. The Balaban J connectivity index is 3.28. The number of hydrogen-bond donors (Lipinski definition) is 0. The van der Waals surface area contributed by atoms with Gasteiger partial charge in [-0.15, -0.1) is 0 Å². The van der Waals surface area contributed by atoms with Crippen LogP contribution in [0.4, 0.5) is 0 Å². The first-order valence-electron chi connectivity index (χ1n) is 6.66. The highest BCUT2D eigenvalue weighted by molar-refractivity contribution is 7.86. The second-order valence-electron chi connectivity index (χ2n) is 4.30. The van der Waals surface area contributed by atoms with Crippen LogP contribution >= 0.6 is 7.60 Å². The van der Waals surface area contributed by atoms with Crippen molar-refractivity contribution in [2.75, 3.05) is 26.6 Å². The lowest BCUT2D eigenvalue weighted by molar-refractivity contribution is 0.165. The number of methoxy groups -OCH3 is 1. The van der Waals surface area contributed by atoms with E-state index in [2.05, 4.69) is 0 Å². The maximum absolute atomic E-state index is 12.9. The fourth-order valence-electron chi connectivity index (χ4n) is 1.76. The van der Waals surface area contributed by atoms with Gasteiger partial charge in [-0.05, 0) is 31.5 Å². The van der Waals surface area contributed by atoms with Crippen LogP contribution in [0, 0.1) is 0 Å². The smallest absolute Gasteiger partial charge is 0.365 e. The lowest BCUT2D eigenvalue weighted by Crippen LogP contribution is -2.14. The summed E-state index contributed by atoms with van der Waals surface area (Å²) in [6.07, 6.45) is 0.881. The van der Waals surface area contributed by atoms with Crippen LogP contribution in [0.5, 0.6) is 5.75 Å². The third-order valence-electron chi connectivity index (χ3n) is 2.57. The van der Waals surface area contributed by atoms with Crippen molar-refractivity contribution in [3.05, 3.63) is 29.8 Å². The van der Waals surface area contributed by atoms with Crippen molar-refractivity contribution in [2.45, 2.75) is 19.7 Å². The van der Waals surface area contributed by atoms with Gasteiger partial charge in [-0.2, -0.15) is 8.42 Å². The summed E-state index contributed by atoms with van der Waals surface area (Å²) in [4.78, 5) is 0. The van der Waals surface area contributed by atoms with E-state index in [1.807, 2.05) is 0 Å². The number of rotatable bonds is 9. The molecular formula is C13H21O7PS. The standard InChI is InChI=1S/C13H21O7PS/c1-5-18-21(14,19-6-2)13(20-22(4,15)16)11-7-9-12(17-3)10-8-11/h7-10,13H,5-6H2,1-4H3. The first-order valence-corrected chi connectivity index (χ1v) is 10.1. The minimum atomic E-state index is -3.87. The third-order valence-corrected chi connectivity index (χ3v) is 5.47. The Morgan fingerprint density at radius 2 is 1.59 bits per heavy atom. The van der Waals surface area contributed by atoms with Crippen LogP contribution in [0.2, 0.25) is 0 Å². The average molecular weight is 352 g/mol. The molecule has 0 fully saturated rings. The summed E-state index contributed by atoms with van der Waals surface area (Å²) in [7, 11) is -6.18. The van der Waals surface area contributed by atoms with Gasteiger partial charge in [0.25, 0.3) is 10.1 Å². The zero-order valence-electron chi connectivity index (χ0n) is 13.0. The zero-order valence-corrected chi connectivity index (χ0v) is 14.7. The molecule has 7 nitrogen and oxygen atoms in total. The van der Waals surface area contributed by atoms with E-state index in [1.165, 1.54) is 7.11 Å². The molecule has 0 radical (unpaired) electrons. The predicted molar refractivity (Wildman–Crippen MR) is 82.5 cm³/mol. The second kappa shape index (κ2) is 8.08. The van der Waals surface area contributed by atoms with Crippen LogP contribution in [0.15, 0.2) is 24.3 Å². The molecule has 0 aliphatic heterocycles. The Bertz CT molecular complexity index is 602. The van der Waals surface area contributed by atoms with E-state index in [0.717, 1.165) is 6.26 Å². The highest BCUT2D eigenvalue weighted by Crippen LogP contribution is 2.61. The Kier molecular flexibility index (Phi) is 7.02. The van der Waals surface area contributed by atoms with Gasteiger partial charge in [0.1, 0.15) is 5.75 Å². The predicted octanol–water partition coefficient (Wildman–Crippen LogP) is 2.94. The van der Waals surface area contributed by atoms with E-state index in [9.17, 15) is 13.0 Å². The van der Waals surface area contributed by atoms with Crippen molar-refractivity contribution in [3.8, 4) is 5.75 Å². The molecule has 1 rings (SSSR count). The molecule has 0 saturated heterocycles. The number of hydrogen-bond acceptors (Lipinski definition) is 7. The van der Waals surface area contributed by atoms with E-state index in [-0.39, 0.29) is 13.2 Å². The fourth-order valence-corrected chi connectivity index (χ4v) is 4.69. The van der Waals surface area contributed by atoms with Gasteiger partial charge in [0, 0.05) is 0 Å². The molecule has 0 aliphatic carbocycles. The van der Waals surface area contributed by atoms with E-state index in [4.69, 9.17) is 18.0 Å². The van der Waals surface area contributed by atoms with Crippen molar-refractivity contribution >= 4 is 17.7 Å². The first-order chi connectivity index (χ1) is 10.3. The van der Waals surface area contributed by atoms with Crippen molar-refractivity contribution in [2.24, 2.45) is 0 Å². The molecular weight excluding hydrogens is 331 g/mol. The van der Waals surface area contributed by atoms with Crippen LogP contribution in [-0.2, 0) is 27.9 Å². The molecule has 0 saturated carbocycles. The molecule has 9 heteroatoms. The van der Waals surface area contributed by atoms with Crippen LogP contribution in [0.25, 0.3) is 0 Å². The van der Waals surface area contributed by atoms with Crippen molar-refractivity contribution in [1.82, 2.24) is 0 Å². The minimum Gasteiger partial charge on any atom is -0.497 e. The summed E-state index contributed by atoms with van der Waals surface area (Å²) < 4.78 is 56.3. The van der Waals surface area contributed by atoms with Crippen molar-refractivity contribution in [1.29, 1.82) is 0 Å². The normalized spacial score (nSPS) is 13.8. The van der Waals surface area contributed by atoms with Gasteiger partial charge in [-0.25, -0.2) is 4.18 Å². The summed E-state index contributed by atoms with van der Waals surface area (Å²) in [5, 5.41) is 0. The van der Waals surface area contributed by atoms with E-state index < -0.39 is 23.6 Å². The molecule has 1 aromatic rings. The van der Waals surface area contributed by atoms with Gasteiger partial charge in [0.15, 0.2) is 0 Å². The topological polar surface area (TPSA) is 88.1 Å². The molecule has 22 heavy (non-hydrogen) atoms. The fraction of sp³-hybridized carbons (Fsp3) is 0.538. The quantitative estimate of drug-likeness (QED) is 0.499. The molecule has 0 aliphatic rings. The SMILES string of the molecule is CCOP(=O)(OCC)C(OS(C)(=O)=O)c1ccc(OC)cc1. The lowest BCUT2D eigenvalue weighted by atomic mass is 10.2. The second-order valence-corrected chi connectivity index (χ2v) is 7.97. The Labute approximate surface area is 131 Å². The maximum atomic E-state index is 12.9. The number of ether oxygens (including phenoxy) is 1.